The molecule has 0 aliphatic carbocycles. The molecule has 2 aromatic heterocycles. The molecular formula is C24H28N4O3. The van der Waals surface area contributed by atoms with Gasteiger partial charge in [-0.15, -0.1) is 0 Å². The van der Waals surface area contributed by atoms with Crippen LogP contribution in [0.1, 0.15) is 19.7 Å². The van der Waals surface area contributed by atoms with Gasteiger partial charge >= 0.3 is 0 Å². The van der Waals surface area contributed by atoms with Crippen LogP contribution in [0.15, 0.2) is 48.7 Å². The summed E-state index contributed by atoms with van der Waals surface area (Å²) in [6.45, 7) is 5.65. The number of carbonyl (C=O) groups excluding carboxylic acids is 1. The minimum absolute atomic E-state index is 0.0675. The number of hydrogen-bond donors (Lipinski definition) is 2. The number of nitrogens with one attached hydrogen (secondary N) is 2. The number of fused-ring (bicyclic) bond motifs is 2. The Morgan fingerprint density at radius 3 is 2.90 bits per heavy atom. The fourth-order valence-electron chi connectivity index (χ4n) is 3.67. The first kappa shape index (κ1) is 20.9. The van der Waals surface area contributed by atoms with Gasteiger partial charge in [0.15, 0.2) is 6.61 Å². The minimum Gasteiger partial charge on any atom is -0.483 e. The summed E-state index contributed by atoms with van der Waals surface area (Å²) < 4.78 is 13.1. The Balaban J connectivity index is 1.40. The van der Waals surface area contributed by atoms with Crippen LogP contribution in [0.2, 0.25) is 0 Å². The molecule has 0 bridgehead atoms. The van der Waals surface area contributed by atoms with Gasteiger partial charge in [0.2, 0.25) is 0 Å². The molecule has 4 aromatic rings. The van der Waals surface area contributed by atoms with Gasteiger partial charge in [0.05, 0.1) is 23.2 Å². The molecular weight excluding hydrogens is 392 g/mol. The van der Waals surface area contributed by atoms with E-state index in [0.717, 1.165) is 40.7 Å². The number of H-pyrrole nitrogens is 1. The van der Waals surface area contributed by atoms with Crippen molar-refractivity contribution in [2.75, 3.05) is 25.6 Å². The molecule has 4 rings (SSSR count). The number of nitrogens with zero attached hydrogens (tertiary/aromatic N) is 2. The van der Waals surface area contributed by atoms with Crippen LogP contribution in [-0.4, -0.2) is 40.8 Å². The van der Waals surface area contributed by atoms with Crippen LogP contribution in [-0.2, 0) is 22.5 Å². The van der Waals surface area contributed by atoms with Crippen LogP contribution in [0.3, 0.4) is 0 Å². The monoisotopic (exact) mass is 420 g/mol. The average Bonchev–Trinajstić information content (AvgIpc) is 3.33. The fourth-order valence-corrected chi connectivity index (χ4v) is 3.67. The van der Waals surface area contributed by atoms with Crippen LogP contribution in [0.5, 0.6) is 5.75 Å². The highest BCUT2D eigenvalue weighted by atomic mass is 16.5. The lowest BCUT2D eigenvalue weighted by atomic mass is 10.1. The summed E-state index contributed by atoms with van der Waals surface area (Å²) in [6, 6.07) is 13.5. The Labute approximate surface area is 181 Å². The van der Waals surface area contributed by atoms with Crippen molar-refractivity contribution in [2.24, 2.45) is 5.92 Å². The van der Waals surface area contributed by atoms with Crippen LogP contribution < -0.4 is 10.1 Å². The predicted molar refractivity (Wildman–Crippen MR) is 123 cm³/mol. The molecule has 7 nitrogen and oxygen atoms in total. The van der Waals surface area contributed by atoms with E-state index in [9.17, 15) is 4.79 Å². The van der Waals surface area contributed by atoms with E-state index in [1.54, 1.807) is 7.11 Å². The lowest BCUT2D eigenvalue weighted by Gasteiger charge is -2.10. The second-order valence-corrected chi connectivity index (χ2v) is 8.04. The van der Waals surface area contributed by atoms with Gasteiger partial charge in [0, 0.05) is 37.3 Å². The van der Waals surface area contributed by atoms with Crippen LogP contribution in [0.25, 0.3) is 21.9 Å². The van der Waals surface area contributed by atoms with Gasteiger partial charge in [-0.1, -0.05) is 19.9 Å². The van der Waals surface area contributed by atoms with Crippen molar-refractivity contribution in [3.05, 3.63) is 54.5 Å². The van der Waals surface area contributed by atoms with E-state index in [4.69, 9.17) is 9.47 Å². The maximum absolute atomic E-state index is 12.5. The highest BCUT2D eigenvalue weighted by molar-refractivity contribution is 5.94. The maximum Gasteiger partial charge on any atom is 0.262 e. The van der Waals surface area contributed by atoms with E-state index in [1.165, 1.54) is 0 Å². The number of benzene rings is 2. The van der Waals surface area contributed by atoms with Crippen molar-refractivity contribution >= 4 is 33.5 Å². The molecule has 0 spiro atoms. The van der Waals surface area contributed by atoms with E-state index in [0.29, 0.717) is 24.0 Å². The Morgan fingerprint density at radius 2 is 2.10 bits per heavy atom. The molecule has 0 unspecified atom stereocenters. The molecule has 0 saturated carbocycles. The summed E-state index contributed by atoms with van der Waals surface area (Å²) in [4.78, 5) is 20.4. The Bertz CT molecular complexity index is 1190. The van der Waals surface area contributed by atoms with Gasteiger partial charge in [0.1, 0.15) is 11.6 Å². The number of imidazole rings is 1. The van der Waals surface area contributed by atoms with Crippen molar-refractivity contribution in [3.8, 4) is 5.75 Å². The highest BCUT2D eigenvalue weighted by Crippen LogP contribution is 2.27. The number of rotatable bonds is 9. The number of aromatic amines is 1. The zero-order chi connectivity index (χ0) is 21.8. The zero-order valence-corrected chi connectivity index (χ0v) is 18.1. The molecule has 2 aromatic carbocycles. The zero-order valence-electron chi connectivity index (χ0n) is 18.1. The Hall–Kier alpha value is -3.32. The van der Waals surface area contributed by atoms with Gasteiger partial charge in [-0.25, -0.2) is 4.98 Å². The molecule has 2 N–H and O–H groups in total. The van der Waals surface area contributed by atoms with Gasteiger partial charge in [-0.3, -0.25) is 4.79 Å². The van der Waals surface area contributed by atoms with Gasteiger partial charge < -0.3 is 24.3 Å². The molecule has 7 heteroatoms. The van der Waals surface area contributed by atoms with Gasteiger partial charge in [-0.05, 0) is 42.3 Å². The average molecular weight is 421 g/mol. The summed E-state index contributed by atoms with van der Waals surface area (Å²) in [5.74, 6) is 1.96. The molecule has 162 valence electrons. The van der Waals surface area contributed by atoms with Crippen LogP contribution in [0.4, 0.5) is 5.69 Å². The Morgan fingerprint density at radius 1 is 1.23 bits per heavy atom. The second-order valence-electron chi connectivity index (χ2n) is 8.04. The number of anilines is 1. The number of ether oxygens (including phenoxy) is 2. The van der Waals surface area contributed by atoms with E-state index in [2.05, 4.69) is 33.7 Å². The van der Waals surface area contributed by atoms with E-state index in [-0.39, 0.29) is 12.5 Å². The largest absolute Gasteiger partial charge is 0.483 e. The third kappa shape index (κ3) is 4.88. The molecule has 0 radical (unpaired) electrons. The normalized spacial score (nSPS) is 11.5. The Kier molecular flexibility index (Phi) is 6.23. The van der Waals surface area contributed by atoms with E-state index >= 15 is 0 Å². The van der Waals surface area contributed by atoms with Gasteiger partial charge in [-0.2, -0.15) is 0 Å². The maximum atomic E-state index is 12.5. The van der Waals surface area contributed by atoms with E-state index in [1.807, 2.05) is 48.7 Å². The minimum atomic E-state index is -0.211. The third-order valence-corrected chi connectivity index (χ3v) is 5.09. The lowest BCUT2D eigenvalue weighted by molar-refractivity contribution is -0.118. The fraction of sp³-hybridized carbons (Fsp3) is 0.333. The van der Waals surface area contributed by atoms with Gasteiger partial charge in [0.25, 0.3) is 5.91 Å². The summed E-state index contributed by atoms with van der Waals surface area (Å²) in [6.07, 6.45) is 2.90. The lowest BCUT2D eigenvalue weighted by Crippen LogP contribution is -2.20. The molecule has 1 amide bonds. The molecule has 31 heavy (non-hydrogen) atoms. The second kappa shape index (κ2) is 9.22. The number of hydrogen-bond acceptors (Lipinski definition) is 4. The molecule has 0 fully saturated rings. The van der Waals surface area contributed by atoms with Crippen molar-refractivity contribution in [1.29, 1.82) is 0 Å². The SMILES string of the molecule is COCCn1ccc2c(OCC(=O)Nc3ccc4nc(CC(C)C)[nH]c4c3)cccc21. The summed E-state index contributed by atoms with van der Waals surface area (Å²) in [5.41, 5.74) is 3.58. The number of methoxy groups -OCH3 is 1. The van der Waals surface area contributed by atoms with Crippen molar-refractivity contribution in [3.63, 3.8) is 0 Å². The number of amides is 1. The van der Waals surface area contributed by atoms with Crippen molar-refractivity contribution in [1.82, 2.24) is 14.5 Å². The summed E-state index contributed by atoms with van der Waals surface area (Å²) >= 11 is 0. The van der Waals surface area contributed by atoms with E-state index < -0.39 is 0 Å². The molecule has 0 saturated heterocycles. The highest BCUT2D eigenvalue weighted by Gasteiger charge is 2.11. The molecule has 0 aliphatic heterocycles. The van der Waals surface area contributed by atoms with Crippen LogP contribution >= 0.6 is 0 Å². The molecule has 0 atom stereocenters. The first-order chi connectivity index (χ1) is 15.0. The smallest absolute Gasteiger partial charge is 0.262 e. The molecule has 0 aliphatic rings. The third-order valence-electron chi connectivity index (χ3n) is 5.09. The predicted octanol–water partition coefficient (Wildman–Crippen LogP) is 4.38. The number of aromatic nitrogens is 3. The standard InChI is InChI=1S/C24H28N4O3/c1-16(2)13-23-26-19-8-7-17(14-20(19)27-23)25-24(29)15-31-22-6-4-5-21-18(22)9-10-28(21)11-12-30-3/h4-10,14,16H,11-13,15H2,1-3H3,(H,25,29)(H,26,27). The topological polar surface area (TPSA) is 81.2 Å². The van der Waals surface area contributed by atoms with Crippen molar-refractivity contribution in [2.45, 2.75) is 26.8 Å². The first-order valence-electron chi connectivity index (χ1n) is 10.5. The quantitative estimate of drug-likeness (QED) is 0.421. The summed E-state index contributed by atoms with van der Waals surface area (Å²) in [5, 5.41) is 3.88. The molecule has 2 heterocycles. The first-order valence-corrected chi connectivity index (χ1v) is 10.5. The van der Waals surface area contributed by atoms with Crippen molar-refractivity contribution < 1.29 is 14.3 Å². The number of carbonyl (C=O) groups is 1. The summed E-state index contributed by atoms with van der Waals surface area (Å²) in [7, 11) is 1.69. The van der Waals surface area contributed by atoms with Crippen LogP contribution in [0, 0.1) is 5.92 Å².